The third kappa shape index (κ3) is 8.80. The minimum Gasteiger partial charge on any atom is -1.00 e. The van der Waals surface area contributed by atoms with Crippen molar-refractivity contribution < 1.29 is 30.7 Å². The predicted molar refractivity (Wildman–Crippen MR) is 183 cm³/mol. The molecule has 0 bridgehead atoms. The minimum absolute atomic E-state index is 0. The molecule has 0 saturated carbocycles. The van der Waals surface area contributed by atoms with Crippen LogP contribution in [0.15, 0.2) is 46.2 Å². The Morgan fingerprint density at radius 3 is 2.02 bits per heavy atom. The van der Waals surface area contributed by atoms with Crippen molar-refractivity contribution in [1.82, 2.24) is 0 Å². The van der Waals surface area contributed by atoms with Crippen molar-refractivity contribution in [2.24, 2.45) is 7.05 Å². The molecule has 1 aliphatic rings. The Hall–Kier alpha value is -2.53. The first-order chi connectivity index (χ1) is 20.9. The Bertz CT molecular complexity index is 1420. The molecular weight excluding hydrogens is 608 g/mol. The maximum atomic E-state index is 6.53. The van der Waals surface area contributed by atoms with Crippen molar-refractivity contribution in [3.05, 3.63) is 69.9 Å². The zero-order chi connectivity index (χ0) is 30.8. The molecule has 44 heavy (non-hydrogen) atoms. The van der Waals surface area contributed by atoms with Gasteiger partial charge in [0.1, 0.15) is 7.05 Å². The highest BCUT2D eigenvalue weighted by molar-refractivity contribution is 5.76. The molecule has 0 fully saturated rings. The minimum atomic E-state index is 0. The molecule has 1 aromatic heterocycles. The van der Waals surface area contributed by atoms with Crippen LogP contribution in [0.3, 0.4) is 0 Å². The van der Waals surface area contributed by atoms with Gasteiger partial charge in [-0.15, -0.1) is 0 Å². The van der Waals surface area contributed by atoms with Crippen molar-refractivity contribution >= 4 is 22.9 Å². The molecule has 1 aliphatic heterocycles. The number of rotatable bonds is 17. The van der Waals surface area contributed by atoms with Gasteiger partial charge in [0.05, 0.1) is 11.8 Å². The summed E-state index contributed by atoms with van der Waals surface area (Å²) in [6.45, 7) is 11.3. The molecule has 0 radical (unpaired) electrons. The fourth-order valence-corrected chi connectivity index (χ4v) is 6.51. The van der Waals surface area contributed by atoms with E-state index in [0.717, 1.165) is 48.8 Å². The molecule has 0 aliphatic carbocycles. The Morgan fingerprint density at radius 2 is 1.36 bits per heavy atom. The van der Waals surface area contributed by atoms with Crippen LogP contribution in [0.2, 0.25) is 0 Å². The summed E-state index contributed by atoms with van der Waals surface area (Å²) >= 11 is 0. The van der Waals surface area contributed by atoms with Crippen LogP contribution >= 0.6 is 0 Å². The second kappa shape index (κ2) is 17.8. The van der Waals surface area contributed by atoms with E-state index in [1.165, 1.54) is 110 Å². The summed E-state index contributed by atoms with van der Waals surface area (Å²) < 4.78 is 15.3. The molecule has 3 aromatic rings. The maximum Gasteiger partial charge on any atom is 0.374 e. The van der Waals surface area contributed by atoms with Gasteiger partial charge in [-0.25, -0.2) is 0 Å². The SMILES string of the molecule is CCCCCCC(/C=C1\Oc2ccc(C)c(CCCCCC)c2N1C)=C\c1oc2ccc(C)c(CCCCCC)c2[n+]1C.[Br-]. The fourth-order valence-electron chi connectivity index (χ4n) is 6.51. The zero-order valence-corrected chi connectivity index (χ0v) is 30.2. The second-order valence-electron chi connectivity index (χ2n) is 12.7. The summed E-state index contributed by atoms with van der Waals surface area (Å²) in [5, 5.41) is 0. The van der Waals surface area contributed by atoms with Gasteiger partial charge in [-0.3, -0.25) is 0 Å². The van der Waals surface area contributed by atoms with E-state index < -0.39 is 0 Å². The lowest BCUT2D eigenvalue weighted by Crippen LogP contribution is -3.00. The lowest BCUT2D eigenvalue weighted by molar-refractivity contribution is -0.652. The van der Waals surface area contributed by atoms with Gasteiger partial charge in [-0.1, -0.05) is 90.7 Å². The standard InChI is InChI=1S/C39H57N2O2.BrH/c1-8-11-14-17-20-31(27-36-40(6)38-32(21-18-15-12-9-2)29(4)23-25-34(38)42-36)28-37-41(7)39-33(22-19-16-13-10-3)30(5)24-26-35(39)43-37;/h23-28H,8-22H2,1-7H3;1H/q+1;/p-1. The van der Waals surface area contributed by atoms with Crippen LogP contribution in [0, 0.1) is 13.8 Å². The van der Waals surface area contributed by atoms with Crippen LogP contribution in [0.5, 0.6) is 5.75 Å². The molecule has 0 saturated heterocycles. The van der Waals surface area contributed by atoms with Gasteiger partial charge in [0.25, 0.3) is 5.52 Å². The smallest absolute Gasteiger partial charge is 0.374 e. The molecule has 242 valence electrons. The quantitative estimate of drug-likeness (QED) is 0.109. The van der Waals surface area contributed by atoms with Gasteiger partial charge in [-0.05, 0) is 86.8 Å². The summed E-state index contributed by atoms with van der Waals surface area (Å²) in [4.78, 5) is 2.27. The fraction of sp³-hybridized carbons (Fsp3) is 0.564. The van der Waals surface area contributed by atoms with Crippen molar-refractivity contribution in [2.45, 2.75) is 131 Å². The van der Waals surface area contributed by atoms with Crippen molar-refractivity contribution in [1.29, 1.82) is 0 Å². The van der Waals surface area contributed by atoms with E-state index in [4.69, 9.17) is 9.15 Å². The molecule has 0 atom stereocenters. The lowest BCUT2D eigenvalue weighted by Gasteiger charge is -2.17. The average Bonchev–Trinajstić information content (AvgIpc) is 3.48. The normalized spacial score (nSPS) is 13.9. The van der Waals surface area contributed by atoms with Gasteiger partial charge in [0, 0.05) is 18.7 Å². The molecule has 0 unspecified atom stereocenters. The first kappa shape index (κ1) is 35.9. The van der Waals surface area contributed by atoms with Crippen molar-refractivity contribution in [3.8, 4) is 5.75 Å². The molecule has 2 heterocycles. The summed E-state index contributed by atoms with van der Waals surface area (Å²) in [6, 6.07) is 8.74. The Kier molecular flexibility index (Phi) is 14.6. The molecule has 0 spiro atoms. The van der Waals surface area contributed by atoms with Crippen molar-refractivity contribution in [2.75, 3.05) is 11.9 Å². The molecule has 4 nitrogen and oxygen atoms in total. The van der Waals surface area contributed by atoms with E-state index in [1.54, 1.807) is 0 Å². The number of hydrogen-bond donors (Lipinski definition) is 0. The number of aryl methyl sites for hydroxylation is 4. The van der Waals surface area contributed by atoms with Gasteiger partial charge in [0.2, 0.25) is 11.5 Å². The number of unbranched alkanes of at least 4 members (excludes halogenated alkanes) is 9. The van der Waals surface area contributed by atoms with E-state index in [9.17, 15) is 0 Å². The number of allylic oxidation sites excluding steroid dienone is 2. The highest BCUT2D eigenvalue weighted by Gasteiger charge is 2.28. The number of fused-ring (bicyclic) bond motifs is 2. The third-order valence-electron chi connectivity index (χ3n) is 9.22. The first-order valence-corrected chi connectivity index (χ1v) is 17.3. The van der Waals surface area contributed by atoms with Gasteiger partial charge < -0.3 is 31.0 Å². The summed E-state index contributed by atoms with van der Waals surface area (Å²) in [6.07, 6.45) is 22.8. The van der Waals surface area contributed by atoms with Crippen LogP contribution < -0.4 is 31.2 Å². The van der Waals surface area contributed by atoms with E-state index in [2.05, 4.69) is 94.6 Å². The molecule has 5 heteroatoms. The lowest BCUT2D eigenvalue weighted by atomic mass is 9.99. The zero-order valence-electron chi connectivity index (χ0n) is 28.7. The summed E-state index contributed by atoms with van der Waals surface area (Å²) in [7, 11) is 4.33. The van der Waals surface area contributed by atoms with Crippen LogP contribution in [-0.4, -0.2) is 7.05 Å². The number of benzene rings is 2. The first-order valence-electron chi connectivity index (χ1n) is 17.3. The van der Waals surface area contributed by atoms with Crippen LogP contribution in [0.4, 0.5) is 5.69 Å². The predicted octanol–water partition coefficient (Wildman–Crippen LogP) is 7.85. The van der Waals surface area contributed by atoms with Gasteiger partial charge >= 0.3 is 5.89 Å². The third-order valence-corrected chi connectivity index (χ3v) is 9.22. The number of halogens is 1. The number of aromatic nitrogens is 1. The second-order valence-corrected chi connectivity index (χ2v) is 12.7. The van der Waals surface area contributed by atoms with Crippen LogP contribution in [0.1, 0.15) is 132 Å². The molecule has 4 rings (SSSR count). The Labute approximate surface area is 278 Å². The van der Waals surface area contributed by atoms with Gasteiger partial charge in [0.15, 0.2) is 5.75 Å². The number of oxazole rings is 1. The van der Waals surface area contributed by atoms with E-state index in [0.29, 0.717) is 0 Å². The summed E-state index contributed by atoms with van der Waals surface area (Å²) in [5.74, 6) is 2.79. The summed E-state index contributed by atoms with van der Waals surface area (Å²) in [5.41, 5.74) is 10.3. The topological polar surface area (TPSA) is 29.5 Å². The number of hydrogen-bond acceptors (Lipinski definition) is 3. The molecule has 0 N–H and O–H groups in total. The van der Waals surface area contributed by atoms with E-state index in [1.807, 2.05) is 0 Å². The van der Waals surface area contributed by atoms with Gasteiger partial charge in [-0.2, -0.15) is 4.57 Å². The molecule has 2 aromatic carbocycles. The molecule has 0 amide bonds. The van der Waals surface area contributed by atoms with Crippen LogP contribution in [0.25, 0.3) is 17.2 Å². The van der Waals surface area contributed by atoms with E-state index >= 15 is 0 Å². The number of anilines is 1. The highest BCUT2D eigenvalue weighted by atomic mass is 79.9. The monoisotopic (exact) mass is 664 g/mol. The van der Waals surface area contributed by atoms with E-state index in [-0.39, 0.29) is 17.0 Å². The Morgan fingerprint density at radius 1 is 0.773 bits per heavy atom. The Balaban J connectivity index is 0.00000529. The van der Waals surface area contributed by atoms with Crippen molar-refractivity contribution in [3.63, 3.8) is 0 Å². The number of ether oxygens (including phenoxy) is 1. The van der Waals surface area contributed by atoms with Crippen LogP contribution in [-0.2, 0) is 19.9 Å². The molecular formula is C39H57BrN2O2. The largest absolute Gasteiger partial charge is 1.00 e. The average molecular weight is 666 g/mol. The highest BCUT2D eigenvalue weighted by Crippen LogP contribution is 2.43. The number of nitrogens with zero attached hydrogens (tertiary/aromatic N) is 2. The maximum absolute atomic E-state index is 6.53.